The number of aromatic hydroxyl groups is 1. The number of rotatable bonds is 6. The highest BCUT2D eigenvalue weighted by molar-refractivity contribution is 6.01. The number of aromatic nitrogens is 4. The van der Waals surface area contributed by atoms with Crippen LogP contribution in [0.5, 0.6) is 11.5 Å². The van der Waals surface area contributed by atoms with Gasteiger partial charge in [0.1, 0.15) is 5.69 Å². The standard InChI is InChI=1S/C31H24N4O5/c1-40-27-14-24-20(12-26(27)38)11-21(16-36)25(17-37)29(24)18-8-10-33-28(13-18)35-31(39)23-7-3-2-6-22(23)30(34-35)19-5-4-9-32-15-19/h2-15,36-38H,16-17H2,1H3. The summed E-state index contributed by atoms with van der Waals surface area (Å²) in [5.74, 6) is 0.486. The molecule has 198 valence electrons. The van der Waals surface area contributed by atoms with Crippen molar-refractivity contribution in [1.29, 1.82) is 0 Å². The van der Waals surface area contributed by atoms with Crippen LogP contribution in [0.2, 0.25) is 0 Å². The molecule has 0 atom stereocenters. The average molecular weight is 533 g/mol. The summed E-state index contributed by atoms with van der Waals surface area (Å²) in [6.07, 6.45) is 4.93. The van der Waals surface area contributed by atoms with Crippen molar-refractivity contribution in [3.63, 3.8) is 0 Å². The number of benzene rings is 3. The summed E-state index contributed by atoms with van der Waals surface area (Å²) in [4.78, 5) is 22.3. The minimum Gasteiger partial charge on any atom is -0.504 e. The van der Waals surface area contributed by atoms with Crippen molar-refractivity contribution in [2.24, 2.45) is 0 Å². The highest BCUT2D eigenvalue weighted by atomic mass is 16.5. The van der Waals surface area contributed by atoms with E-state index < -0.39 is 0 Å². The van der Waals surface area contributed by atoms with E-state index in [0.29, 0.717) is 49.5 Å². The van der Waals surface area contributed by atoms with Gasteiger partial charge in [-0.05, 0) is 81.6 Å². The number of ether oxygens (including phenoxy) is 1. The molecule has 40 heavy (non-hydrogen) atoms. The molecule has 0 unspecified atom stereocenters. The molecule has 3 aromatic heterocycles. The van der Waals surface area contributed by atoms with Crippen LogP contribution in [0.3, 0.4) is 0 Å². The number of phenols is 1. The van der Waals surface area contributed by atoms with E-state index >= 15 is 0 Å². The van der Waals surface area contributed by atoms with Crippen molar-refractivity contribution in [1.82, 2.24) is 19.7 Å². The lowest BCUT2D eigenvalue weighted by Gasteiger charge is -2.18. The molecule has 9 nitrogen and oxygen atoms in total. The van der Waals surface area contributed by atoms with Gasteiger partial charge in [-0.25, -0.2) is 4.98 Å². The monoisotopic (exact) mass is 532 g/mol. The summed E-state index contributed by atoms with van der Waals surface area (Å²) in [6.45, 7) is -0.662. The van der Waals surface area contributed by atoms with Crippen LogP contribution in [0.25, 0.3) is 49.7 Å². The van der Waals surface area contributed by atoms with Crippen molar-refractivity contribution in [3.05, 3.63) is 107 Å². The number of hydrogen-bond donors (Lipinski definition) is 3. The largest absolute Gasteiger partial charge is 0.504 e. The van der Waals surface area contributed by atoms with Crippen LogP contribution in [0.4, 0.5) is 0 Å². The molecule has 0 amide bonds. The molecular formula is C31H24N4O5. The maximum atomic E-state index is 13.6. The van der Waals surface area contributed by atoms with Crippen molar-refractivity contribution in [3.8, 4) is 39.7 Å². The van der Waals surface area contributed by atoms with Gasteiger partial charge in [-0.3, -0.25) is 9.78 Å². The van der Waals surface area contributed by atoms with E-state index in [9.17, 15) is 20.1 Å². The second-order valence-electron chi connectivity index (χ2n) is 9.21. The van der Waals surface area contributed by atoms with Gasteiger partial charge in [0.05, 0.1) is 25.7 Å². The molecule has 3 aromatic carbocycles. The van der Waals surface area contributed by atoms with Crippen molar-refractivity contribution < 1.29 is 20.1 Å². The van der Waals surface area contributed by atoms with Crippen molar-refractivity contribution in [2.75, 3.05) is 7.11 Å². The number of methoxy groups -OCH3 is 1. The van der Waals surface area contributed by atoms with Gasteiger partial charge >= 0.3 is 0 Å². The minimum absolute atomic E-state index is 0.0492. The summed E-state index contributed by atoms with van der Waals surface area (Å²) >= 11 is 0. The van der Waals surface area contributed by atoms with Crippen LogP contribution in [0, 0.1) is 0 Å². The van der Waals surface area contributed by atoms with Crippen LogP contribution in [-0.2, 0) is 13.2 Å². The highest BCUT2D eigenvalue weighted by Gasteiger charge is 2.19. The molecule has 9 heteroatoms. The van der Waals surface area contributed by atoms with E-state index in [1.54, 1.807) is 61.1 Å². The SMILES string of the molecule is COc1cc2c(-c3ccnc(-n4nc(-c5cccnc5)c5ccccc5c4=O)c3)c(CO)c(CO)cc2cc1O. The molecule has 0 radical (unpaired) electrons. The molecule has 0 aliphatic carbocycles. The van der Waals surface area contributed by atoms with Gasteiger partial charge in [0, 0.05) is 29.5 Å². The molecule has 0 saturated carbocycles. The second-order valence-corrected chi connectivity index (χ2v) is 9.21. The Hall–Kier alpha value is -5.12. The number of hydrogen-bond acceptors (Lipinski definition) is 8. The van der Waals surface area contributed by atoms with Gasteiger partial charge in [-0.2, -0.15) is 9.78 Å². The first-order valence-electron chi connectivity index (χ1n) is 12.5. The fourth-order valence-corrected chi connectivity index (χ4v) is 5.08. The van der Waals surface area contributed by atoms with Gasteiger partial charge in [-0.15, -0.1) is 0 Å². The van der Waals surface area contributed by atoms with Gasteiger partial charge in [-0.1, -0.05) is 18.2 Å². The molecule has 0 spiro atoms. The van der Waals surface area contributed by atoms with Crippen molar-refractivity contribution in [2.45, 2.75) is 13.2 Å². The summed E-state index contributed by atoms with van der Waals surface area (Å²) in [5.41, 5.74) is 3.26. The van der Waals surface area contributed by atoms with Gasteiger partial charge < -0.3 is 20.1 Å². The predicted octanol–water partition coefficient (Wildman–Crippen LogP) is 4.36. The third-order valence-electron chi connectivity index (χ3n) is 6.96. The normalized spacial score (nSPS) is 11.3. The first-order valence-corrected chi connectivity index (χ1v) is 12.5. The average Bonchev–Trinajstić information content (AvgIpc) is 3.00. The molecule has 0 saturated heterocycles. The van der Waals surface area contributed by atoms with Crippen LogP contribution >= 0.6 is 0 Å². The Morgan fingerprint density at radius 2 is 1.70 bits per heavy atom. The topological polar surface area (TPSA) is 131 Å². The van der Waals surface area contributed by atoms with Crippen LogP contribution < -0.4 is 10.3 Å². The Bertz CT molecular complexity index is 1950. The fourth-order valence-electron chi connectivity index (χ4n) is 5.08. The Balaban J connectivity index is 1.64. The molecule has 3 heterocycles. The lowest BCUT2D eigenvalue weighted by molar-refractivity contribution is 0.260. The van der Waals surface area contributed by atoms with Crippen LogP contribution in [0.1, 0.15) is 11.1 Å². The minimum atomic E-state index is -0.346. The van der Waals surface area contributed by atoms with Crippen LogP contribution in [0.15, 0.2) is 90.1 Å². The van der Waals surface area contributed by atoms with Gasteiger partial charge in [0.25, 0.3) is 5.56 Å². The number of aliphatic hydroxyl groups excluding tert-OH is 2. The smallest absolute Gasteiger partial charge is 0.280 e. The van der Waals surface area contributed by atoms with Crippen LogP contribution in [-0.4, -0.2) is 42.2 Å². The Morgan fingerprint density at radius 1 is 0.875 bits per heavy atom. The maximum absolute atomic E-state index is 13.6. The molecule has 6 aromatic rings. The van der Waals surface area contributed by atoms with Crippen molar-refractivity contribution >= 4 is 21.5 Å². The number of phenolic OH excluding ortho intramolecular Hbond substituents is 1. The third kappa shape index (κ3) is 4.14. The third-order valence-corrected chi connectivity index (χ3v) is 6.96. The molecular weight excluding hydrogens is 508 g/mol. The van der Waals surface area contributed by atoms with E-state index in [2.05, 4.69) is 9.97 Å². The number of pyridine rings is 2. The first-order chi connectivity index (χ1) is 19.5. The summed E-state index contributed by atoms with van der Waals surface area (Å²) in [6, 6.07) is 19.4. The zero-order chi connectivity index (χ0) is 27.8. The molecule has 3 N–H and O–H groups in total. The quantitative estimate of drug-likeness (QED) is 0.288. The Labute approximate surface area is 228 Å². The fraction of sp³-hybridized carbons (Fsp3) is 0.0968. The highest BCUT2D eigenvalue weighted by Crippen LogP contribution is 2.40. The van der Waals surface area contributed by atoms with E-state index in [0.717, 1.165) is 5.56 Å². The van der Waals surface area contributed by atoms with E-state index in [1.165, 1.54) is 11.8 Å². The first kappa shape index (κ1) is 25.2. The van der Waals surface area contributed by atoms with E-state index in [4.69, 9.17) is 9.84 Å². The van der Waals surface area contributed by atoms with Gasteiger partial charge in [0.2, 0.25) is 0 Å². The van der Waals surface area contributed by atoms with Gasteiger partial charge in [0.15, 0.2) is 17.3 Å². The molecule has 6 rings (SSSR count). The zero-order valence-electron chi connectivity index (χ0n) is 21.4. The lowest BCUT2D eigenvalue weighted by Crippen LogP contribution is -2.23. The van der Waals surface area contributed by atoms with E-state index in [-0.39, 0.29) is 36.1 Å². The maximum Gasteiger partial charge on any atom is 0.280 e. The van der Waals surface area contributed by atoms with E-state index in [1.807, 2.05) is 24.3 Å². The Morgan fingerprint density at radius 3 is 2.42 bits per heavy atom. The molecule has 0 aliphatic rings. The zero-order valence-corrected chi connectivity index (χ0v) is 21.4. The molecule has 0 bridgehead atoms. The summed E-state index contributed by atoms with van der Waals surface area (Å²) in [7, 11) is 1.46. The summed E-state index contributed by atoms with van der Waals surface area (Å²) in [5, 5.41) is 38.1. The second kappa shape index (κ2) is 10.2. The lowest BCUT2D eigenvalue weighted by atomic mass is 9.90. The number of fused-ring (bicyclic) bond motifs is 2. The Kier molecular flexibility index (Phi) is 6.43. The number of nitrogens with zero attached hydrogens (tertiary/aromatic N) is 4. The predicted molar refractivity (Wildman–Crippen MR) is 151 cm³/mol. The number of aliphatic hydroxyl groups is 2. The molecule has 0 aliphatic heterocycles. The molecule has 0 fully saturated rings. The summed E-state index contributed by atoms with van der Waals surface area (Å²) < 4.78 is 6.61.